The highest BCUT2D eigenvalue weighted by Crippen LogP contribution is 2.41. The van der Waals surface area contributed by atoms with E-state index in [1.165, 1.54) is 18.4 Å². The maximum absolute atomic E-state index is 14.4. The SMILES string of the molecule is CCOc1c(OC)cccc1[C@H]1C(C(=O)OCCOC)=C(C)N=c2s/c(=C/c3cn(Cc4ccc(Cl)c(Cl)c4)c4ccccc34)c(=O)n21. The second-order valence-corrected chi connectivity index (χ2v) is 12.8. The number of allylic oxidation sites excluding steroid dienone is 1. The van der Waals surface area contributed by atoms with Gasteiger partial charge in [0.25, 0.3) is 5.56 Å². The lowest BCUT2D eigenvalue weighted by molar-refractivity contribution is -0.140. The number of ether oxygens (including phenoxy) is 4. The molecule has 2 aromatic heterocycles. The molecule has 248 valence electrons. The summed E-state index contributed by atoms with van der Waals surface area (Å²) in [6.45, 7) is 4.78. The lowest BCUT2D eigenvalue weighted by Gasteiger charge is -2.27. The Bertz CT molecular complexity index is 2240. The standard InChI is InChI=1S/C36H33Cl2N3O6S/c1-5-46-33-25(10-8-12-29(33)45-4)32-31(35(43)47-16-15-44-3)21(2)39-36-41(32)34(42)30(48-36)18-23-20-40(28-11-7-6-9-24(23)28)19-22-13-14-26(37)27(38)17-22/h6-14,17-18,20,32H,5,15-16,19H2,1-4H3/b30-18+/t32-/m0/s1. The Hall–Kier alpha value is -4.35. The molecule has 0 bridgehead atoms. The van der Waals surface area contributed by atoms with E-state index in [0.717, 1.165) is 22.0 Å². The summed E-state index contributed by atoms with van der Waals surface area (Å²) in [7, 11) is 3.08. The Labute approximate surface area is 290 Å². The zero-order valence-corrected chi connectivity index (χ0v) is 29.1. The smallest absolute Gasteiger partial charge is 0.338 e. The average molecular weight is 707 g/mol. The van der Waals surface area contributed by atoms with Crippen LogP contribution in [0.1, 0.15) is 36.6 Å². The maximum Gasteiger partial charge on any atom is 0.338 e. The van der Waals surface area contributed by atoms with Crippen LogP contribution in [0.5, 0.6) is 11.5 Å². The van der Waals surface area contributed by atoms with Gasteiger partial charge in [-0.25, -0.2) is 9.79 Å². The van der Waals surface area contributed by atoms with Crippen LogP contribution < -0.4 is 24.4 Å². The minimum Gasteiger partial charge on any atom is -0.493 e. The van der Waals surface area contributed by atoms with Crippen LogP contribution in [0.3, 0.4) is 0 Å². The van der Waals surface area contributed by atoms with Gasteiger partial charge in [0.15, 0.2) is 16.3 Å². The molecule has 9 nitrogen and oxygen atoms in total. The van der Waals surface area contributed by atoms with Gasteiger partial charge in [0.2, 0.25) is 0 Å². The summed E-state index contributed by atoms with van der Waals surface area (Å²) in [4.78, 5) is 33.3. The van der Waals surface area contributed by atoms with Gasteiger partial charge in [-0.2, -0.15) is 0 Å². The van der Waals surface area contributed by atoms with Crippen LogP contribution in [0.15, 0.2) is 87.9 Å². The first-order valence-electron chi connectivity index (χ1n) is 15.3. The molecule has 0 spiro atoms. The number of esters is 1. The van der Waals surface area contributed by atoms with E-state index < -0.39 is 12.0 Å². The van der Waals surface area contributed by atoms with E-state index in [9.17, 15) is 9.59 Å². The zero-order chi connectivity index (χ0) is 33.9. The molecule has 0 unspecified atom stereocenters. The van der Waals surface area contributed by atoms with Gasteiger partial charge in [-0.05, 0) is 49.8 Å². The number of thiazole rings is 1. The van der Waals surface area contributed by atoms with Crippen molar-refractivity contribution >= 4 is 57.5 Å². The van der Waals surface area contributed by atoms with Gasteiger partial charge >= 0.3 is 5.97 Å². The number of aromatic nitrogens is 2. The maximum atomic E-state index is 14.4. The van der Waals surface area contributed by atoms with Crippen molar-refractivity contribution < 1.29 is 23.7 Å². The summed E-state index contributed by atoms with van der Waals surface area (Å²) in [6.07, 6.45) is 3.89. The van der Waals surface area contributed by atoms with Gasteiger partial charge in [0, 0.05) is 41.9 Å². The molecule has 0 N–H and O–H groups in total. The minimum absolute atomic E-state index is 0.0476. The topological polar surface area (TPSA) is 93.3 Å². The number of carbonyl (C=O) groups is 1. The number of nitrogens with zero attached hydrogens (tertiary/aromatic N) is 3. The third kappa shape index (κ3) is 6.41. The average Bonchev–Trinajstić information content (AvgIpc) is 3.58. The van der Waals surface area contributed by atoms with E-state index in [-0.39, 0.29) is 24.3 Å². The molecule has 3 aromatic carbocycles. The number of halogens is 2. The van der Waals surface area contributed by atoms with E-state index in [2.05, 4.69) is 4.57 Å². The van der Waals surface area contributed by atoms with Gasteiger partial charge in [-0.1, -0.05) is 70.9 Å². The summed E-state index contributed by atoms with van der Waals surface area (Å²) in [5.74, 6) is 0.320. The number of rotatable bonds is 11. The molecule has 48 heavy (non-hydrogen) atoms. The summed E-state index contributed by atoms with van der Waals surface area (Å²) >= 11 is 13.7. The highest BCUT2D eigenvalue weighted by molar-refractivity contribution is 7.07. The van der Waals surface area contributed by atoms with Crippen molar-refractivity contribution in [2.24, 2.45) is 4.99 Å². The first-order valence-corrected chi connectivity index (χ1v) is 16.8. The molecule has 6 rings (SSSR count). The first kappa shape index (κ1) is 33.5. The van der Waals surface area contributed by atoms with E-state index >= 15 is 0 Å². The Kier molecular flexibility index (Phi) is 10.1. The van der Waals surface area contributed by atoms with E-state index in [4.69, 9.17) is 47.1 Å². The summed E-state index contributed by atoms with van der Waals surface area (Å²) in [6, 6.07) is 18.1. The fourth-order valence-corrected chi connectivity index (χ4v) is 7.24. The molecule has 0 amide bonds. The molecule has 12 heteroatoms. The Morgan fingerprint density at radius 3 is 2.60 bits per heavy atom. The number of benzene rings is 3. The van der Waals surface area contributed by atoms with E-state index in [1.807, 2.05) is 61.7 Å². The molecule has 3 heterocycles. The highest BCUT2D eigenvalue weighted by atomic mass is 35.5. The lowest BCUT2D eigenvalue weighted by Crippen LogP contribution is -2.40. The van der Waals surface area contributed by atoms with Crippen molar-refractivity contribution in [3.05, 3.63) is 125 Å². The molecule has 1 aliphatic heterocycles. The molecule has 5 aromatic rings. The van der Waals surface area contributed by atoms with Crippen LogP contribution in [0, 0.1) is 0 Å². The molecule has 1 aliphatic rings. The zero-order valence-electron chi connectivity index (χ0n) is 26.8. The number of carbonyl (C=O) groups excluding carboxylic acids is 1. The highest BCUT2D eigenvalue weighted by Gasteiger charge is 2.36. The Morgan fingerprint density at radius 2 is 1.85 bits per heavy atom. The monoisotopic (exact) mass is 705 g/mol. The number of fused-ring (bicyclic) bond motifs is 2. The van der Waals surface area contributed by atoms with E-state index in [0.29, 0.717) is 55.3 Å². The summed E-state index contributed by atoms with van der Waals surface area (Å²) in [5, 5.41) is 1.96. The van der Waals surface area contributed by atoms with Crippen LogP contribution in [-0.2, 0) is 20.8 Å². The Balaban J connectivity index is 1.52. The van der Waals surface area contributed by atoms with Gasteiger partial charge in [0.1, 0.15) is 12.6 Å². The van der Waals surface area contributed by atoms with Crippen molar-refractivity contribution in [3.63, 3.8) is 0 Å². The van der Waals surface area contributed by atoms with Crippen LogP contribution in [0.25, 0.3) is 17.0 Å². The Morgan fingerprint density at radius 1 is 1.04 bits per heavy atom. The normalized spacial score (nSPS) is 14.6. The number of hydrogen-bond acceptors (Lipinski definition) is 8. The predicted octanol–water partition coefficient (Wildman–Crippen LogP) is 6.14. The molecular weight excluding hydrogens is 673 g/mol. The van der Waals surface area contributed by atoms with Crippen molar-refractivity contribution in [3.8, 4) is 11.5 Å². The minimum atomic E-state index is -0.883. The van der Waals surface area contributed by atoms with Crippen molar-refractivity contribution in [2.75, 3.05) is 34.0 Å². The fraction of sp³-hybridized carbons (Fsp3) is 0.250. The third-order valence-corrected chi connectivity index (χ3v) is 9.74. The summed E-state index contributed by atoms with van der Waals surface area (Å²) in [5.41, 5.74) is 3.80. The first-order chi connectivity index (χ1) is 23.2. The lowest BCUT2D eigenvalue weighted by atomic mass is 9.94. The predicted molar refractivity (Wildman–Crippen MR) is 188 cm³/mol. The van der Waals surface area contributed by atoms with Crippen LogP contribution in [-0.4, -0.2) is 49.1 Å². The van der Waals surface area contributed by atoms with Crippen molar-refractivity contribution in [1.29, 1.82) is 0 Å². The summed E-state index contributed by atoms with van der Waals surface area (Å²) < 4.78 is 26.5. The van der Waals surface area contributed by atoms with Crippen LogP contribution >= 0.6 is 34.5 Å². The van der Waals surface area contributed by atoms with E-state index in [1.54, 1.807) is 36.8 Å². The molecule has 1 atom stereocenters. The molecule has 0 saturated heterocycles. The van der Waals surface area contributed by atoms with Gasteiger partial charge in [-0.3, -0.25) is 9.36 Å². The fourth-order valence-electron chi connectivity index (χ4n) is 5.88. The third-order valence-electron chi connectivity index (χ3n) is 8.02. The molecular formula is C36H33Cl2N3O6S. The van der Waals surface area contributed by atoms with Crippen molar-refractivity contribution in [1.82, 2.24) is 9.13 Å². The quantitative estimate of drug-likeness (QED) is 0.121. The van der Waals surface area contributed by atoms with Gasteiger partial charge in [-0.15, -0.1) is 0 Å². The second kappa shape index (κ2) is 14.4. The molecule has 0 aliphatic carbocycles. The second-order valence-electron chi connectivity index (χ2n) is 11.0. The number of para-hydroxylation sites is 2. The number of methoxy groups -OCH3 is 2. The largest absolute Gasteiger partial charge is 0.493 e. The van der Waals surface area contributed by atoms with Crippen molar-refractivity contribution in [2.45, 2.75) is 26.4 Å². The van der Waals surface area contributed by atoms with Crippen LogP contribution in [0.4, 0.5) is 0 Å². The molecule has 0 fully saturated rings. The van der Waals surface area contributed by atoms with Gasteiger partial charge < -0.3 is 23.5 Å². The molecule has 0 radical (unpaired) electrons. The number of hydrogen-bond donors (Lipinski definition) is 0. The van der Waals surface area contributed by atoms with Gasteiger partial charge in [0.05, 0.1) is 46.2 Å². The van der Waals surface area contributed by atoms with Crippen LogP contribution in [0.2, 0.25) is 10.0 Å². The molecule has 0 saturated carbocycles.